The second-order valence-corrected chi connectivity index (χ2v) is 8.53. The smallest absolute Gasteiger partial charge is 0.406 e. The van der Waals surface area contributed by atoms with Gasteiger partial charge in [-0.1, -0.05) is 18.2 Å². The highest BCUT2D eigenvalue weighted by molar-refractivity contribution is 7.98. The number of nitrogens with one attached hydrogen (secondary N) is 2. The van der Waals surface area contributed by atoms with Crippen molar-refractivity contribution in [3.05, 3.63) is 54.6 Å². The number of amides is 1. The number of halogens is 3. The molecule has 0 saturated carbocycles. The fourth-order valence-corrected chi connectivity index (χ4v) is 4.03. The highest BCUT2D eigenvalue weighted by Crippen LogP contribution is 2.24. The first kappa shape index (κ1) is 23.0. The van der Waals surface area contributed by atoms with Crippen molar-refractivity contribution in [3.8, 4) is 5.75 Å². The lowest BCUT2D eigenvalue weighted by Gasteiger charge is -2.18. The quantitative estimate of drug-likeness (QED) is 0.612. The van der Waals surface area contributed by atoms with Gasteiger partial charge in [-0.05, 0) is 54.8 Å². The Morgan fingerprint density at radius 1 is 1.10 bits per heavy atom. The van der Waals surface area contributed by atoms with Crippen LogP contribution in [0.2, 0.25) is 0 Å². The summed E-state index contributed by atoms with van der Waals surface area (Å²) in [5.41, 5.74) is 0.206. The van der Waals surface area contributed by atoms with Crippen molar-refractivity contribution < 1.29 is 31.1 Å². The number of anilines is 1. The largest absolute Gasteiger partial charge is 0.573 e. The maximum absolute atomic E-state index is 12.6. The highest BCUT2D eigenvalue weighted by Gasteiger charge is 2.31. The molecule has 0 saturated heterocycles. The molecule has 1 amide bonds. The van der Waals surface area contributed by atoms with Crippen LogP contribution in [0.5, 0.6) is 5.75 Å². The molecule has 1 atom stereocenters. The van der Waals surface area contributed by atoms with Crippen molar-refractivity contribution in [2.24, 2.45) is 0 Å². The van der Waals surface area contributed by atoms with E-state index in [2.05, 4.69) is 14.8 Å². The van der Waals surface area contributed by atoms with Gasteiger partial charge in [0.05, 0.1) is 4.90 Å². The number of carbonyl (C=O) groups is 1. The summed E-state index contributed by atoms with van der Waals surface area (Å²) in [6, 6.07) is 11.1. The summed E-state index contributed by atoms with van der Waals surface area (Å²) in [6.45, 7) is 0. The first-order chi connectivity index (χ1) is 13.6. The minimum atomic E-state index is -4.82. The number of hydrogen-bond acceptors (Lipinski definition) is 5. The molecule has 2 aromatic carbocycles. The van der Waals surface area contributed by atoms with Gasteiger partial charge < -0.3 is 10.1 Å². The van der Waals surface area contributed by atoms with Gasteiger partial charge in [-0.2, -0.15) is 16.5 Å². The molecule has 29 heavy (non-hydrogen) atoms. The van der Waals surface area contributed by atoms with Gasteiger partial charge in [0.2, 0.25) is 15.9 Å². The van der Waals surface area contributed by atoms with Crippen molar-refractivity contribution in [2.75, 3.05) is 17.3 Å². The predicted molar refractivity (Wildman–Crippen MR) is 105 cm³/mol. The second-order valence-electron chi connectivity index (χ2n) is 5.83. The van der Waals surface area contributed by atoms with Gasteiger partial charge in [0, 0.05) is 5.69 Å². The van der Waals surface area contributed by atoms with E-state index in [0.29, 0.717) is 5.75 Å². The van der Waals surface area contributed by atoms with Crippen LogP contribution in [0.25, 0.3) is 0 Å². The summed E-state index contributed by atoms with van der Waals surface area (Å²) in [5.74, 6) is -0.532. The van der Waals surface area contributed by atoms with E-state index >= 15 is 0 Å². The Balaban J connectivity index is 2.10. The molecule has 6 nitrogen and oxygen atoms in total. The Morgan fingerprint density at radius 3 is 2.28 bits per heavy atom. The van der Waals surface area contributed by atoms with Gasteiger partial charge in [0.25, 0.3) is 0 Å². The van der Waals surface area contributed by atoms with E-state index in [-0.39, 0.29) is 17.0 Å². The molecule has 0 aliphatic heterocycles. The molecule has 0 aromatic heterocycles. The third-order valence-corrected chi connectivity index (χ3v) is 5.77. The summed E-state index contributed by atoms with van der Waals surface area (Å²) in [7, 11) is -3.92. The monoisotopic (exact) mass is 448 g/mol. The Kier molecular flexibility index (Phi) is 7.94. The maximum atomic E-state index is 12.6. The van der Waals surface area contributed by atoms with Crippen molar-refractivity contribution in [1.29, 1.82) is 0 Å². The number of thioether (sulfide) groups is 1. The van der Waals surface area contributed by atoms with E-state index in [9.17, 15) is 26.4 Å². The van der Waals surface area contributed by atoms with E-state index < -0.39 is 34.1 Å². The third-order valence-electron chi connectivity index (χ3n) is 3.63. The molecule has 2 aromatic rings. The molecule has 2 N–H and O–H groups in total. The molecule has 0 radical (unpaired) electrons. The number of benzene rings is 2. The van der Waals surface area contributed by atoms with E-state index in [1.807, 2.05) is 6.26 Å². The number of rotatable bonds is 9. The van der Waals surface area contributed by atoms with Crippen LogP contribution in [0, 0.1) is 0 Å². The normalized spacial score (nSPS) is 13.0. The van der Waals surface area contributed by atoms with Crippen LogP contribution in [0.1, 0.15) is 6.42 Å². The number of hydrogen-bond donors (Lipinski definition) is 2. The van der Waals surface area contributed by atoms with Crippen molar-refractivity contribution >= 4 is 33.4 Å². The van der Waals surface area contributed by atoms with Crippen LogP contribution in [0.4, 0.5) is 18.9 Å². The molecule has 0 aliphatic rings. The fraction of sp³-hybridized carbons (Fsp3) is 0.278. The summed E-state index contributed by atoms with van der Waals surface area (Å²) in [5, 5.41) is 2.50. The number of alkyl halides is 3. The standard InChI is InChI=1S/C18H19F3N2O4S2/c1-28-12-11-16(23-29(25,26)15-5-3-2-4-6-15)17(24)22-13-7-9-14(10-8-13)27-18(19,20)21/h2-10,16,23H,11-12H2,1H3,(H,22,24). The van der Waals surface area contributed by atoms with E-state index in [0.717, 1.165) is 12.1 Å². The van der Waals surface area contributed by atoms with Crippen molar-refractivity contribution in [1.82, 2.24) is 4.72 Å². The highest BCUT2D eigenvalue weighted by atomic mass is 32.2. The summed E-state index contributed by atoms with van der Waals surface area (Å²) >= 11 is 1.44. The second kappa shape index (κ2) is 9.99. The molecule has 0 heterocycles. The Hall–Kier alpha value is -2.24. The molecular weight excluding hydrogens is 429 g/mol. The summed E-state index contributed by atoms with van der Waals surface area (Å²) < 4.78 is 67.8. The molecule has 0 bridgehead atoms. The van der Waals surface area contributed by atoms with Crippen molar-refractivity contribution in [2.45, 2.75) is 23.7 Å². The van der Waals surface area contributed by atoms with Gasteiger partial charge in [0.1, 0.15) is 11.8 Å². The van der Waals surface area contributed by atoms with Crippen LogP contribution in [0.3, 0.4) is 0 Å². The van der Waals surface area contributed by atoms with Gasteiger partial charge in [-0.3, -0.25) is 4.79 Å². The zero-order valence-electron chi connectivity index (χ0n) is 15.3. The summed E-state index contributed by atoms with van der Waals surface area (Å²) in [4.78, 5) is 12.6. The number of sulfonamides is 1. The summed E-state index contributed by atoms with van der Waals surface area (Å²) in [6.07, 6.45) is -2.77. The van der Waals surface area contributed by atoms with Crippen LogP contribution in [-0.4, -0.2) is 38.7 Å². The lowest BCUT2D eigenvalue weighted by molar-refractivity contribution is -0.274. The molecule has 0 fully saturated rings. The minimum absolute atomic E-state index is 0.0237. The van der Waals surface area contributed by atoms with Crippen LogP contribution < -0.4 is 14.8 Å². The predicted octanol–water partition coefficient (Wildman–Crippen LogP) is 3.62. The zero-order chi connectivity index (χ0) is 21.5. The molecule has 1 unspecified atom stereocenters. The van der Waals surface area contributed by atoms with Gasteiger partial charge in [-0.25, -0.2) is 8.42 Å². The minimum Gasteiger partial charge on any atom is -0.406 e. The van der Waals surface area contributed by atoms with Crippen molar-refractivity contribution in [3.63, 3.8) is 0 Å². The van der Waals surface area contributed by atoms with Gasteiger partial charge in [0.15, 0.2) is 0 Å². The molecule has 11 heteroatoms. The van der Waals surface area contributed by atoms with Gasteiger partial charge >= 0.3 is 6.36 Å². The van der Waals surface area contributed by atoms with E-state index in [1.165, 1.54) is 36.0 Å². The topological polar surface area (TPSA) is 84.5 Å². The Morgan fingerprint density at radius 2 is 1.72 bits per heavy atom. The third kappa shape index (κ3) is 7.59. The van der Waals surface area contributed by atoms with Crippen LogP contribution >= 0.6 is 11.8 Å². The molecule has 0 aliphatic carbocycles. The van der Waals surface area contributed by atoms with Crippen LogP contribution in [0.15, 0.2) is 59.5 Å². The average molecular weight is 448 g/mol. The van der Waals surface area contributed by atoms with Crippen LogP contribution in [-0.2, 0) is 14.8 Å². The Labute approximate surface area is 170 Å². The average Bonchev–Trinajstić information content (AvgIpc) is 2.66. The molecule has 0 spiro atoms. The first-order valence-corrected chi connectivity index (χ1v) is 11.2. The molecule has 2 rings (SSSR count). The maximum Gasteiger partial charge on any atom is 0.573 e. The SMILES string of the molecule is CSCCC(NS(=O)(=O)c1ccccc1)C(=O)Nc1ccc(OC(F)(F)F)cc1. The van der Waals surface area contributed by atoms with E-state index in [4.69, 9.17) is 0 Å². The molecular formula is C18H19F3N2O4S2. The zero-order valence-corrected chi connectivity index (χ0v) is 16.9. The van der Waals surface area contributed by atoms with Gasteiger partial charge in [-0.15, -0.1) is 13.2 Å². The lowest BCUT2D eigenvalue weighted by atomic mass is 10.2. The number of ether oxygens (including phenoxy) is 1. The number of carbonyl (C=O) groups excluding carboxylic acids is 1. The molecule has 158 valence electrons. The van der Waals surface area contributed by atoms with E-state index in [1.54, 1.807) is 18.2 Å². The fourth-order valence-electron chi connectivity index (χ4n) is 2.30. The lowest BCUT2D eigenvalue weighted by Crippen LogP contribution is -2.44. The first-order valence-electron chi connectivity index (χ1n) is 8.34. The Bertz CT molecular complexity index is 905.